The van der Waals surface area contributed by atoms with Gasteiger partial charge in [-0.15, -0.1) is 0 Å². The third-order valence-electron chi connectivity index (χ3n) is 7.28. The quantitative estimate of drug-likeness (QED) is 0.556. The number of aromatic nitrogens is 3. The molecule has 3 heteroatoms. The van der Waals surface area contributed by atoms with E-state index in [0.29, 0.717) is 0 Å². The van der Waals surface area contributed by atoms with Crippen LogP contribution in [0.4, 0.5) is 0 Å². The van der Waals surface area contributed by atoms with E-state index in [0.717, 1.165) is 12.2 Å². The molecule has 1 heterocycles. The van der Waals surface area contributed by atoms with Gasteiger partial charge >= 0.3 is 0 Å². The van der Waals surface area contributed by atoms with Crippen LogP contribution in [0.15, 0.2) is 54.9 Å². The minimum absolute atomic E-state index is 0.0737. The summed E-state index contributed by atoms with van der Waals surface area (Å²) in [6, 6.07) is 14.2. The minimum Gasteiger partial charge on any atom is -0.263 e. The molecule has 0 radical (unpaired) electrons. The summed E-state index contributed by atoms with van der Waals surface area (Å²) in [6.07, 6.45) is 9.60. The van der Waals surface area contributed by atoms with Gasteiger partial charge in [0.15, 0.2) is 0 Å². The molecule has 0 atom stereocenters. The predicted molar refractivity (Wildman–Crippen MR) is 122 cm³/mol. The molecular weight excluding hydrogens is 366 g/mol. The Balaban J connectivity index is 1.53. The van der Waals surface area contributed by atoms with Gasteiger partial charge in [0.05, 0.1) is 0 Å². The third kappa shape index (κ3) is 3.03. The first-order valence-electron chi connectivity index (χ1n) is 11.0. The summed E-state index contributed by atoms with van der Waals surface area (Å²) in [5.41, 5.74) is 8.96. The highest BCUT2D eigenvalue weighted by atomic mass is 15.2. The molecule has 3 aromatic rings. The summed E-state index contributed by atoms with van der Waals surface area (Å²) < 4.78 is 0. The highest BCUT2D eigenvalue weighted by molar-refractivity contribution is 5.57. The van der Waals surface area contributed by atoms with Gasteiger partial charge in [-0.1, -0.05) is 76.2 Å². The Bertz CT molecular complexity index is 1110. The van der Waals surface area contributed by atoms with Crippen molar-refractivity contribution in [3.8, 4) is 0 Å². The number of nitrogens with zero attached hydrogens (tertiary/aromatic N) is 2. The molecule has 2 aliphatic carbocycles. The normalized spacial score (nSPS) is 20.0. The van der Waals surface area contributed by atoms with Crippen LogP contribution >= 0.6 is 0 Å². The van der Waals surface area contributed by atoms with Gasteiger partial charge in [0.25, 0.3) is 0 Å². The molecule has 1 fully saturated rings. The molecule has 2 aliphatic rings. The number of fused-ring (bicyclic) bond motifs is 1. The second-order valence-electron chi connectivity index (χ2n) is 10.4. The third-order valence-corrected chi connectivity index (χ3v) is 7.28. The SMILES string of the molecule is Cc1cc2c(cc1C1(c3ccc(Cc4ncn[nH]4)cc3)CC1)C(C)(C)C=CC2(C)C. The van der Waals surface area contributed by atoms with Crippen LogP contribution in [-0.2, 0) is 22.7 Å². The van der Waals surface area contributed by atoms with Crippen LogP contribution in [0.5, 0.6) is 0 Å². The maximum atomic E-state index is 4.25. The zero-order valence-corrected chi connectivity index (χ0v) is 18.7. The summed E-state index contributed by atoms with van der Waals surface area (Å²) in [6.45, 7) is 11.6. The largest absolute Gasteiger partial charge is 0.263 e. The van der Waals surface area contributed by atoms with E-state index < -0.39 is 0 Å². The van der Waals surface area contributed by atoms with Crippen molar-refractivity contribution in [2.45, 2.75) is 70.1 Å². The van der Waals surface area contributed by atoms with E-state index in [1.807, 2.05) is 0 Å². The van der Waals surface area contributed by atoms with Crippen molar-refractivity contribution >= 4 is 0 Å². The van der Waals surface area contributed by atoms with E-state index in [1.54, 1.807) is 6.33 Å². The molecule has 30 heavy (non-hydrogen) atoms. The number of benzene rings is 2. The first-order valence-corrected chi connectivity index (χ1v) is 11.0. The van der Waals surface area contributed by atoms with Crippen LogP contribution < -0.4 is 0 Å². The Morgan fingerprint density at radius 3 is 2.07 bits per heavy atom. The van der Waals surface area contributed by atoms with Gasteiger partial charge in [0, 0.05) is 22.7 Å². The molecule has 5 rings (SSSR count). The number of allylic oxidation sites excluding steroid dienone is 2. The van der Waals surface area contributed by atoms with Crippen molar-refractivity contribution < 1.29 is 0 Å². The van der Waals surface area contributed by atoms with Crippen molar-refractivity contribution in [1.82, 2.24) is 15.2 Å². The zero-order chi connectivity index (χ0) is 21.1. The average molecular weight is 398 g/mol. The molecule has 0 unspecified atom stereocenters. The fourth-order valence-corrected chi connectivity index (χ4v) is 5.18. The van der Waals surface area contributed by atoms with Crippen LogP contribution in [0.25, 0.3) is 0 Å². The first kappa shape index (κ1) is 19.3. The number of aromatic amines is 1. The van der Waals surface area contributed by atoms with Gasteiger partial charge < -0.3 is 0 Å². The van der Waals surface area contributed by atoms with Crippen molar-refractivity contribution in [3.63, 3.8) is 0 Å². The van der Waals surface area contributed by atoms with E-state index in [-0.39, 0.29) is 16.2 Å². The minimum atomic E-state index is 0.0737. The van der Waals surface area contributed by atoms with Gasteiger partial charge in [0.2, 0.25) is 0 Å². The monoisotopic (exact) mass is 397 g/mol. The average Bonchev–Trinajstić information content (AvgIpc) is 3.35. The van der Waals surface area contributed by atoms with Crippen molar-refractivity contribution in [1.29, 1.82) is 0 Å². The number of rotatable bonds is 4. The van der Waals surface area contributed by atoms with Gasteiger partial charge in [-0.25, -0.2) is 4.98 Å². The lowest BCUT2D eigenvalue weighted by molar-refractivity contribution is 0.560. The molecule has 0 aliphatic heterocycles. The maximum absolute atomic E-state index is 4.25. The van der Waals surface area contributed by atoms with Crippen molar-refractivity contribution in [2.75, 3.05) is 0 Å². The predicted octanol–water partition coefficient (Wildman–Crippen LogP) is 5.91. The van der Waals surface area contributed by atoms with Crippen LogP contribution in [0.1, 0.15) is 79.7 Å². The zero-order valence-electron chi connectivity index (χ0n) is 18.7. The summed E-state index contributed by atoms with van der Waals surface area (Å²) in [7, 11) is 0. The highest BCUT2D eigenvalue weighted by Gasteiger charge is 2.47. The van der Waals surface area contributed by atoms with E-state index in [2.05, 4.69) is 98.4 Å². The molecule has 0 saturated heterocycles. The second kappa shape index (κ2) is 6.41. The Morgan fingerprint density at radius 2 is 1.50 bits per heavy atom. The van der Waals surface area contributed by atoms with Gasteiger partial charge in [-0.3, -0.25) is 5.10 Å². The molecule has 0 spiro atoms. The maximum Gasteiger partial charge on any atom is 0.137 e. The lowest BCUT2D eigenvalue weighted by atomic mass is 9.66. The molecular formula is C27H31N3. The van der Waals surface area contributed by atoms with Crippen LogP contribution in [0, 0.1) is 6.92 Å². The molecule has 0 bridgehead atoms. The molecule has 1 aromatic heterocycles. The van der Waals surface area contributed by atoms with E-state index in [4.69, 9.17) is 0 Å². The lowest BCUT2D eigenvalue weighted by Crippen LogP contribution is -2.30. The molecule has 0 amide bonds. The Kier molecular flexibility index (Phi) is 4.12. The topological polar surface area (TPSA) is 41.6 Å². The molecule has 154 valence electrons. The van der Waals surface area contributed by atoms with E-state index in [9.17, 15) is 0 Å². The van der Waals surface area contributed by atoms with Crippen LogP contribution in [0.2, 0.25) is 0 Å². The van der Waals surface area contributed by atoms with Crippen molar-refractivity contribution in [3.05, 3.63) is 94.1 Å². The Hall–Kier alpha value is -2.68. The van der Waals surface area contributed by atoms with Gasteiger partial charge in [-0.05, 0) is 53.1 Å². The molecule has 1 N–H and O–H groups in total. The Morgan fingerprint density at radius 1 is 0.867 bits per heavy atom. The first-order chi connectivity index (χ1) is 14.2. The standard InChI is InChI=1S/C27H31N3/c1-18-14-22-23(26(4,5)11-10-25(22,2)3)16-21(18)27(12-13-27)20-8-6-19(7-9-20)15-24-28-17-29-30-24/h6-11,14,16-17H,12-13,15H2,1-5H3,(H,28,29,30). The second-order valence-corrected chi connectivity index (χ2v) is 10.4. The summed E-state index contributed by atoms with van der Waals surface area (Å²) in [5, 5.41) is 6.90. The summed E-state index contributed by atoms with van der Waals surface area (Å²) >= 11 is 0. The smallest absolute Gasteiger partial charge is 0.137 e. The highest BCUT2D eigenvalue weighted by Crippen LogP contribution is 2.56. The van der Waals surface area contributed by atoms with Crippen LogP contribution in [-0.4, -0.2) is 15.2 Å². The number of hydrogen-bond acceptors (Lipinski definition) is 2. The fourth-order valence-electron chi connectivity index (χ4n) is 5.18. The van der Waals surface area contributed by atoms with E-state index in [1.165, 1.54) is 46.2 Å². The van der Waals surface area contributed by atoms with Gasteiger partial charge in [0.1, 0.15) is 12.2 Å². The fraction of sp³-hybridized carbons (Fsp3) is 0.407. The summed E-state index contributed by atoms with van der Waals surface area (Å²) in [4.78, 5) is 4.25. The lowest BCUT2D eigenvalue weighted by Gasteiger charge is -2.38. The number of aryl methyl sites for hydroxylation is 1. The number of nitrogens with one attached hydrogen (secondary N) is 1. The molecule has 1 saturated carbocycles. The number of hydrogen-bond donors (Lipinski definition) is 1. The molecule has 3 nitrogen and oxygen atoms in total. The van der Waals surface area contributed by atoms with E-state index >= 15 is 0 Å². The Labute approximate surface area is 179 Å². The van der Waals surface area contributed by atoms with Gasteiger partial charge in [-0.2, -0.15) is 5.10 Å². The number of H-pyrrole nitrogens is 1. The van der Waals surface area contributed by atoms with Crippen LogP contribution in [0.3, 0.4) is 0 Å². The van der Waals surface area contributed by atoms with Crippen molar-refractivity contribution in [2.24, 2.45) is 0 Å². The molecule has 2 aromatic carbocycles. The summed E-state index contributed by atoms with van der Waals surface area (Å²) in [5.74, 6) is 0.910.